The van der Waals surface area contributed by atoms with Crippen molar-refractivity contribution in [2.75, 3.05) is 27.2 Å². The van der Waals surface area contributed by atoms with Crippen LogP contribution < -0.4 is 10.1 Å². The highest BCUT2D eigenvalue weighted by atomic mass is 35.5. The average molecular weight is 299 g/mol. The molecule has 1 N–H and O–H groups in total. The van der Waals surface area contributed by atoms with E-state index in [4.69, 9.17) is 16.3 Å². The van der Waals surface area contributed by atoms with E-state index in [2.05, 4.69) is 19.2 Å². The zero-order valence-corrected chi connectivity index (χ0v) is 13.3. The standard InChI is InChI=1S/C15H23ClN2O2/c1-11(2)8-17-15(19)10-18(3)9-12-7-13(16)5-6-14(12)20-4/h5-7,11H,8-10H2,1-4H3,(H,17,19). The fourth-order valence-electron chi connectivity index (χ4n) is 1.84. The van der Waals surface area contributed by atoms with E-state index in [0.717, 1.165) is 11.3 Å². The van der Waals surface area contributed by atoms with Gasteiger partial charge in [0.15, 0.2) is 0 Å². The van der Waals surface area contributed by atoms with E-state index >= 15 is 0 Å². The zero-order valence-electron chi connectivity index (χ0n) is 12.6. The second kappa shape index (κ2) is 8.12. The van der Waals surface area contributed by atoms with Crippen molar-refractivity contribution in [3.8, 4) is 5.75 Å². The van der Waals surface area contributed by atoms with Crippen LogP contribution in [0.15, 0.2) is 18.2 Å². The number of carbonyl (C=O) groups excluding carboxylic acids is 1. The SMILES string of the molecule is COc1ccc(Cl)cc1CN(C)CC(=O)NCC(C)C. The molecule has 0 aromatic heterocycles. The number of hydrogen-bond acceptors (Lipinski definition) is 3. The summed E-state index contributed by atoms with van der Waals surface area (Å²) in [6.45, 7) is 5.80. The Morgan fingerprint density at radius 2 is 2.15 bits per heavy atom. The fraction of sp³-hybridized carbons (Fsp3) is 0.533. The normalized spacial score (nSPS) is 10.9. The number of benzene rings is 1. The van der Waals surface area contributed by atoms with Gasteiger partial charge in [-0.15, -0.1) is 0 Å². The molecule has 4 nitrogen and oxygen atoms in total. The minimum Gasteiger partial charge on any atom is -0.496 e. The minimum atomic E-state index is 0.0298. The Kier molecular flexibility index (Phi) is 6.82. The summed E-state index contributed by atoms with van der Waals surface area (Å²) in [5.74, 6) is 1.27. The second-order valence-electron chi connectivity index (χ2n) is 5.33. The lowest BCUT2D eigenvalue weighted by atomic mass is 10.2. The first kappa shape index (κ1) is 16.8. The van der Waals surface area contributed by atoms with Gasteiger partial charge in [-0.25, -0.2) is 0 Å². The van der Waals surface area contributed by atoms with Gasteiger partial charge in [-0.2, -0.15) is 0 Å². The number of hydrogen-bond donors (Lipinski definition) is 1. The van der Waals surface area contributed by atoms with Gasteiger partial charge in [-0.3, -0.25) is 9.69 Å². The maximum absolute atomic E-state index is 11.8. The van der Waals surface area contributed by atoms with E-state index < -0.39 is 0 Å². The molecule has 0 aliphatic heterocycles. The number of halogens is 1. The third kappa shape index (κ3) is 5.80. The lowest BCUT2D eigenvalue weighted by Gasteiger charge is -2.18. The fourth-order valence-corrected chi connectivity index (χ4v) is 2.03. The number of methoxy groups -OCH3 is 1. The van der Waals surface area contributed by atoms with Crippen LogP contribution in [-0.2, 0) is 11.3 Å². The van der Waals surface area contributed by atoms with Gasteiger partial charge in [-0.05, 0) is 31.2 Å². The van der Waals surface area contributed by atoms with Gasteiger partial charge in [0.1, 0.15) is 5.75 Å². The van der Waals surface area contributed by atoms with Crippen molar-refractivity contribution in [1.82, 2.24) is 10.2 Å². The van der Waals surface area contributed by atoms with E-state index in [1.165, 1.54) is 0 Å². The monoisotopic (exact) mass is 298 g/mol. The molecule has 0 heterocycles. The largest absolute Gasteiger partial charge is 0.496 e. The van der Waals surface area contributed by atoms with Crippen LogP contribution in [0.3, 0.4) is 0 Å². The van der Waals surface area contributed by atoms with Gasteiger partial charge in [0.25, 0.3) is 0 Å². The maximum Gasteiger partial charge on any atom is 0.234 e. The molecule has 0 fully saturated rings. The predicted octanol–water partition coefficient (Wildman–Crippen LogP) is 2.55. The van der Waals surface area contributed by atoms with Gasteiger partial charge >= 0.3 is 0 Å². The first-order valence-electron chi connectivity index (χ1n) is 6.70. The van der Waals surface area contributed by atoms with Crippen LogP contribution in [0.2, 0.25) is 5.02 Å². The predicted molar refractivity (Wildman–Crippen MR) is 82.2 cm³/mol. The Balaban J connectivity index is 2.55. The Morgan fingerprint density at radius 1 is 1.45 bits per heavy atom. The van der Waals surface area contributed by atoms with Crippen molar-refractivity contribution in [3.63, 3.8) is 0 Å². The van der Waals surface area contributed by atoms with Gasteiger partial charge in [0, 0.05) is 23.7 Å². The topological polar surface area (TPSA) is 41.6 Å². The first-order chi connectivity index (χ1) is 9.42. The molecule has 0 atom stereocenters. The number of nitrogens with one attached hydrogen (secondary N) is 1. The van der Waals surface area contributed by atoms with Gasteiger partial charge < -0.3 is 10.1 Å². The van der Waals surface area contributed by atoms with Crippen LogP contribution in [0, 0.1) is 5.92 Å². The average Bonchev–Trinajstić information content (AvgIpc) is 2.36. The summed E-state index contributed by atoms with van der Waals surface area (Å²) in [4.78, 5) is 13.7. The molecule has 0 spiro atoms. The van der Waals surface area contributed by atoms with Crippen LogP contribution in [-0.4, -0.2) is 38.1 Å². The number of amides is 1. The van der Waals surface area contributed by atoms with Crippen LogP contribution in [0.4, 0.5) is 0 Å². The van der Waals surface area contributed by atoms with Gasteiger partial charge in [-0.1, -0.05) is 25.4 Å². The molecular weight excluding hydrogens is 276 g/mol. The molecule has 20 heavy (non-hydrogen) atoms. The Morgan fingerprint density at radius 3 is 2.75 bits per heavy atom. The summed E-state index contributed by atoms with van der Waals surface area (Å²) in [7, 11) is 3.53. The van der Waals surface area contributed by atoms with E-state index in [1.54, 1.807) is 13.2 Å². The van der Waals surface area contributed by atoms with Crippen LogP contribution >= 0.6 is 11.6 Å². The molecule has 112 valence electrons. The highest BCUT2D eigenvalue weighted by Gasteiger charge is 2.10. The van der Waals surface area contributed by atoms with Crippen molar-refractivity contribution < 1.29 is 9.53 Å². The molecular formula is C15H23ClN2O2. The summed E-state index contributed by atoms with van der Waals surface area (Å²) < 4.78 is 5.30. The molecule has 1 aromatic rings. The number of likely N-dealkylation sites (N-methyl/N-ethyl adjacent to an activating group) is 1. The summed E-state index contributed by atoms with van der Waals surface area (Å²) in [6, 6.07) is 5.49. The first-order valence-corrected chi connectivity index (χ1v) is 7.07. The highest BCUT2D eigenvalue weighted by Crippen LogP contribution is 2.23. The van der Waals surface area contributed by atoms with E-state index in [1.807, 2.05) is 24.1 Å². The van der Waals surface area contributed by atoms with E-state index in [9.17, 15) is 4.79 Å². The van der Waals surface area contributed by atoms with Gasteiger partial charge in [0.05, 0.1) is 13.7 Å². The van der Waals surface area contributed by atoms with Gasteiger partial charge in [0.2, 0.25) is 5.91 Å². The van der Waals surface area contributed by atoms with Crippen molar-refractivity contribution in [2.24, 2.45) is 5.92 Å². The third-order valence-corrected chi connectivity index (χ3v) is 3.04. The molecule has 0 unspecified atom stereocenters. The number of nitrogens with zero attached hydrogens (tertiary/aromatic N) is 1. The molecule has 1 amide bonds. The number of ether oxygens (including phenoxy) is 1. The molecule has 1 rings (SSSR count). The van der Waals surface area contributed by atoms with Crippen molar-refractivity contribution in [1.29, 1.82) is 0 Å². The smallest absolute Gasteiger partial charge is 0.234 e. The molecule has 0 aliphatic carbocycles. The lowest BCUT2D eigenvalue weighted by molar-refractivity contribution is -0.122. The van der Waals surface area contributed by atoms with E-state index in [0.29, 0.717) is 30.6 Å². The molecule has 5 heteroatoms. The van der Waals surface area contributed by atoms with Crippen molar-refractivity contribution in [2.45, 2.75) is 20.4 Å². The molecule has 0 saturated carbocycles. The van der Waals surface area contributed by atoms with Crippen LogP contribution in [0.5, 0.6) is 5.75 Å². The number of carbonyl (C=O) groups is 1. The molecule has 0 bridgehead atoms. The van der Waals surface area contributed by atoms with E-state index in [-0.39, 0.29) is 5.91 Å². The third-order valence-electron chi connectivity index (χ3n) is 2.80. The molecule has 0 radical (unpaired) electrons. The number of rotatable bonds is 7. The lowest BCUT2D eigenvalue weighted by Crippen LogP contribution is -2.36. The molecule has 0 aliphatic rings. The minimum absolute atomic E-state index is 0.0298. The summed E-state index contributed by atoms with van der Waals surface area (Å²) >= 11 is 5.99. The highest BCUT2D eigenvalue weighted by molar-refractivity contribution is 6.30. The summed E-state index contributed by atoms with van der Waals surface area (Å²) in [6.07, 6.45) is 0. The Labute approximate surface area is 126 Å². The summed E-state index contributed by atoms with van der Waals surface area (Å²) in [5.41, 5.74) is 0.971. The zero-order chi connectivity index (χ0) is 15.1. The Bertz CT molecular complexity index is 449. The van der Waals surface area contributed by atoms with Crippen molar-refractivity contribution >= 4 is 17.5 Å². The summed E-state index contributed by atoms with van der Waals surface area (Å²) in [5, 5.41) is 3.57. The Hall–Kier alpha value is -1.26. The van der Waals surface area contributed by atoms with Crippen LogP contribution in [0.25, 0.3) is 0 Å². The van der Waals surface area contributed by atoms with Crippen LogP contribution in [0.1, 0.15) is 19.4 Å². The second-order valence-corrected chi connectivity index (χ2v) is 5.76. The van der Waals surface area contributed by atoms with Crippen molar-refractivity contribution in [3.05, 3.63) is 28.8 Å². The molecule has 0 saturated heterocycles. The quantitative estimate of drug-likeness (QED) is 0.841. The maximum atomic E-state index is 11.8. The molecule has 1 aromatic carbocycles.